The van der Waals surface area contributed by atoms with Gasteiger partial charge in [0.15, 0.2) is 0 Å². The van der Waals surface area contributed by atoms with E-state index in [9.17, 15) is 0 Å². The summed E-state index contributed by atoms with van der Waals surface area (Å²) in [6, 6.07) is 8.61. The SMILES string of the molecule is Cc1cccnc1CN(C)c1nc(C)c2cc3c(cc2n1)CCC3. The second-order valence-electron chi connectivity index (χ2n) is 6.72. The first-order valence-corrected chi connectivity index (χ1v) is 8.53. The first-order chi connectivity index (χ1) is 11.6. The quantitative estimate of drug-likeness (QED) is 0.737. The number of aromatic nitrogens is 3. The molecule has 0 N–H and O–H groups in total. The van der Waals surface area contributed by atoms with Crippen LogP contribution >= 0.6 is 0 Å². The number of benzene rings is 1. The van der Waals surface area contributed by atoms with Crippen molar-refractivity contribution in [1.29, 1.82) is 0 Å². The lowest BCUT2D eigenvalue weighted by Crippen LogP contribution is -2.21. The number of hydrogen-bond acceptors (Lipinski definition) is 4. The Balaban J connectivity index is 1.71. The molecule has 0 amide bonds. The van der Waals surface area contributed by atoms with E-state index in [1.807, 2.05) is 19.3 Å². The molecule has 24 heavy (non-hydrogen) atoms. The molecule has 0 radical (unpaired) electrons. The lowest BCUT2D eigenvalue weighted by Gasteiger charge is -2.19. The van der Waals surface area contributed by atoms with E-state index in [1.54, 1.807) is 0 Å². The maximum atomic E-state index is 4.83. The molecule has 0 saturated carbocycles. The third-order valence-corrected chi connectivity index (χ3v) is 4.93. The van der Waals surface area contributed by atoms with Crippen molar-refractivity contribution in [2.75, 3.05) is 11.9 Å². The van der Waals surface area contributed by atoms with Crippen LogP contribution in [0.1, 0.15) is 34.5 Å². The number of rotatable bonds is 3. The van der Waals surface area contributed by atoms with Gasteiger partial charge >= 0.3 is 0 Å². The van der Waals surface area contributed by atoms with Gasteiger partial charge in [-0.2, -0.15) is 0 Å². The van der Waals surface area contributed by atoms with Gasteiger partial charge in [0.25, 0.3) is 0 Å². The van der Waals surface area contributed by atoms with E-state index >= 15 is 0 Å². The zero-order chi connectivity index (χ0) is 16.7. The van der Waals surface area contributed by atoms with Crippen molar-refractivity contribution in [2.45, 2.75) is 39.7 Å². The summed E-state index contributed by atoms with van der Waals surface area (Å²) in [6.07, 6.45) is 5.45. The Morgan fingerprint density at radius 3 is 2.67 bits per heavy atom. The Hall–Kier alpha value is -2.49. The highest BCUT2D eigenvalue weighted by molar-refractivity contribution is 5.83. The molecule has 0 aliphatic heterocycles. The van der Waals surface area contributed by atoms with E-state index < -0.39 is 0 Å². The molecule has 3 aromatic rings. The first-order valence-electron chi connectivity index (χ1n) is 8.53. The van der Waals surface area contributed by atoms with Gasteiger partial charge in [-0.3, -0.25) is 4.98 Å². The van der Waals surface area contributed by atoms with E-state index in [-0.39, 0.29) is 0 Å². The van der Waals surface area contributed by atoms with Crippen LogP contribution < -0.4 is 4.90 Å². The molecule has 0 atom stereocenters. The molecule has 1 aliphatic rings. The van der Waals surface area contributed by atoms with Crippen molar-refractivity contribution in [1.82, 2.24) is 15.0 Å². The summed E-state index contributed by atoms with van der Waals surface area (Å²) in [4.78, 5) is 16.1. The molecular formula is C20H22N4. The second kappa shape index (κ2) is 5.86. The molecule has 0 unspecified atom stereocenters. The van der Waals surface area contributed by atoms with Crippen LogP contribution in [0.2, 0.25) is 0 Å². The third-order valence-electron chi connectivity index (χ3n) is 4.93. The molecule has 0 fully saturated rings. The summed E-state index contributed by atoms with van der Waals surface area (Å²) in [5.41, 5.74) is 7.29. The Kier molecular flexibility index (Phi) is 3.68. The molecule has 1 aliphatic carbocycles. The molecule has 2 aromatic heterocycles. The van der Waals surface area contributed by atoms with E-state index in [2.05, 4.69) is 41.9 Å². The van der Waals surface area contributed by atoms with Crippen molar-refractivity contribution >= 4 is 16.9 Å². The molecule has 4 rings (SSSR count). The zero-order valence-electron chi connectivity index (χ0n) is 14.5. The normalized spacial score (nSPS) is 13.3. The maximum absolute atomic E-state index is 4.83. The van der Waals surface area contributed by atoms with E-state index in [0.717, 1.165) is 22.9 Å². The Morgan fingerprint density at radius 1 is 1.08 bits per heavy atom. The first kappa shape index (κ1) is 15.1. The van der Waals surface area contributed by atoms with Crippen molar-refractivity contribution in [3.05, 3.63) is 58.5 Å². The molecule has 4 heteroatoms. The minimum atomic E-state index is 0.711. The van der Waals surface area contributed by atoms with Gasteiger partial charge in [0.05, 0.1) is 23.4 Å². The van der Waals surface area contributed by atoms with Gasteiger partial charge in [-0.05, 0) is 68.0 Å². The van der Waals surface area contributed by atoms with Crippen LogP contribution in [0.3, 0.4) is 0 Å². The fourth-order valence-electron chi connectivity index (χ4n) is 3.49. The Bertz CT molecular complexity index is 917. The predicted molar refractivity (Wildman–Crippen MR) is 97.4 cm³/mol. The van der Waals surface area contributed by atoms with Crippen LogP contribution in [-0.2, 0) is 19.4 Å². The van der Waals surface area contributed by atoms with Gasteiger partial charge in [0.1, 0.15) is 0 Å². The predicted octanol–water partition coefficient (Wildman–Crippen LogP) is 3.77. The van der Waals surface area contributed by atoms with Crippen LogP contribution in [-0.4, -0.2) is 22.0 Å². The summed E-state index contributed by atoms with van der Waals surface area (Å²) in [5, 5.41) is 1.18. The van der Waals surface area contributed by atoms with Crippen LogP contribution in [0, 0.1) is 13.8 Å². The van der Waals surface area contributed by atoms with Crippen LogP contribution in [0.4, 0.5) is 5.95 Å². The highest BCUT2D eigenvalue weighted by Crippen LogP contribution is 2.28. The van der Waals surface area contributed by atoms with Crippen molar-refractivity contribution in [2.24, 2.45) is 0 Å². The summed E-state index contributed by atoms with van der Waals surface area (Å²) in [6.45, 7) is 4.88. The third kappa shape index (κ3) is 2.62. The molecule has 1 aromatic carbocycles. The maximum Gasteiger partial charge on any atom is 0.226 e. The van der Waals surface area contributed by atoms with Gasteiger partial charge in [-0.25, -0.2) is 9.97 Å². The summed E-state index contributed by atoms with van der Waals surface area (Å²) in [7, 11) is 2.03. The average molecular weight is 318 g/mol. The zero-order valence-corrected chi connectivity index (χ0v) is 14.5. The van der Waals surface area contributed by atoms with Gasteiger partial charge in [0.2, 0.25) is 5.95 Å². The molecule has 4 nitrogen and oxygen atoms in total. The van der Waals surface area contributed by atoms with Crippen molar-refractivity contribution in [3.63, 3.8) is 0 Å². The van der Waals surface area contributed by atoms with E-state index in [1.165, 1.54) is 41.3 Å². The fourth-order valence-corrected chi connectivity index (χ4v) is 3.49. The molecule has 0 saturated heterocycles. The number of nitrogens with zero attached hydrogens (tertiary/aromatic N) is 4. The molecular weight excluding hydrogens is 296 g/mol. The standard InChI is InChI=1S/C20H22N4/c1-13-6-5-9-21-19(13)12-24(3)20-22-14(2)17-10-15-7-4-8-16(15)11-18(17)23-20/h5-6,9-11H,4,7-8,12H2,1-3H3. The Morgan fingerprint density at radius 2 is 1.88 bits per heavy atom. The molecule has 2 heterocycles. The molecule has 122 valence electrons. The topological polar surface area (TPSA) is 41.9 Å². The lowest BCUT2D eigenvalue weighted by atomic mass is 10.1. The van der Waals surface area contributed by atoms with Gasteiger partial charge in [-0.15, -0.1) is 0 Å². The molecule has 0 bridgehead atoms. The van der Waals surface area contributed by atoms with Gasteiger partial charge < -0.3 is 4.90 Å². The second-order valence-corrected chi connectivity index (χ2v) is 6.72. The number of anilines is 1. The fraction of sp³-hybridized carbons (Fsp3) is 0.350. The molecule has 0 spiro atoms. The monoisotopic (exact) mass is 318 g/mol. The van der Waals surface area contributed by atoms with Crippen molar-refractivity contribution in [3.8, 4) is 0 Å². The minimum absolute atomic E-state index is 0.711. The van der Waals surface area contributed by atoms with Crippen LogP contribution in [0.15, 0.2) is 30.5 Å². The van der Waals surface area contributed by atoms with Gasteiger partial charge in [0, 0.05) is 18.6 Å². The smallest absolute Gasteiger partial charge is 0.226 e. The largest absolute Gasteiger partial charge is 0.338 e. The minimum Gasteiger partial charge on any atom is -0.338 e. The van der Waals surface area contributed by atoms with Crippen LogP contribution in [0.25, 0.3) is 10.9 Å². The summed E-state index contributed by atoms with van der Waals surface area (Å²) in [5.74, 6) is 0.767. The number of aryl methyl sites for hydroxylation is 4. The number of hydrogen-bond donors (Lipinski definition) is 0. The van der Waals surface area contributed by atoms with E-state index in [4.69, 9.17) is 9.97 Å². The highest BCUT2D eigenvalue weighted by Gasteiger charge is 2.16. The van der Waals surface area contributed by atoms with Gasteiger partial charge in [-0.1, -0.05) is 6.07 Å². The van der Waals surface area contributed by atoms with Crippen molar-refractivity contribution < 1.29 is 0 Å². The average Bonchev–Trinajstić information content (AvgIpc) is 3.02. The van der Waals surface area contributed by atoms with E-state index in [0.29, 0.717) is 6.54 Å². The lowest BCUT2D eigenvalue weighted by molar-refractivity contribution is 0.834. The summed E-state index contributed by atoms with van der Waals surface area (Å²) >= 11 is 0. The summed E-state index contributed by atoms with van der Waals surface area (Å²) < 4.78 is 0. The van der Waals surface area contributed by atoms with Crippen LogP contribution in [0.5, 0.6) is 0 Å². The number of pyridine rings is 1. The highest BCUT2D eigenvalue weighted by atomic mass is 15.2. The number of fused-ring (bicyclic) bond motifs is 2. The Labute approximate surface area is 142 Å².